The SMILES string of the molecule is CN=C(NCCc1ccc(Cl)nc1)NCC(C)CN1CCN(C)CC1. The van der Waals surface area contributed by atoms with Crippen LogP contribution >= 0.6 is 11.6 Å². The fourth-order valence-electron chi connectivity index (χ4n) is 2.91. The average molecular weight is 367 g/mol. The molecule has 1 aromatic rings. The zero-order chi connectivity index (χ0) is 18.1. The van der Waals surface area contributed by atoms with Gasteiger partial charge in [-0.1, -0.05) is 24.6 Å². The summed E-state index contributed by atoms with van der Waals surface area (Å²) in [5.74, 6) is 1.44. The van der Waals surface area contributed by atoms with Crippen molar-refractivity contribution in [2.75, 3.05) is 59.9 Å². The molecule has 140 valence electrons. The zero-order valence-corrected chi connectivity index (χ0v) is 16.4. The standard InChI is InChI=1S/C18H31ClN6/c1-15(14-25-10-8-24(3)9-11-25)12-23-18(20-2)21-7-6-16-4-5-17(19)22-13-16/h4-5,13,15H,6-12,14H2,1-3H3,(H2,20,21,23). The van der Waals surface area contributed by atoms with Crippen LogP contribution in [0.25, 0.3) is 0 Å². The van der Waals surface area contributed by atoms with Crippen LogP contribution in [0.4, 0.5) is 0 Å². The van der Waals surface area contributed by atoms with Crippen molar-refractivity contribution >= 4 is 17.6 Å². The number of aliphatic imine (C=N–C) groups is 1. The summed E-state index contributed by atoms with van der Waals surface area (Å²) in [4.78, 5) is 13.3. The second kappa shape index (κ2) is 10.6. The molecule has 2 N–H and O–H groups in total. The predicted octanol–water partition coefficient (Wildman–Crippen LogP) is 1.33. The van der Waals surface area contributed by atoms with Gasteiger partial charge in [0.15, 0.2) is 5.96 Å². The van der Waals surface area contributed by atoms with E-state index < -0.39 is 0 Å². The number of rotatable bonds is 7. The Morgan fingerprint density at radius 1 is 1.28 bits per heavy atom. The summed E-state index contributed by atoms with van der Waals surface area (Å²) in [6, 6.07) is 3.83. The fourth-order valence-corrected chi connectivity index (χ4v) is 3.02. The van der Waals surface area contributed by atoms with Crippen LogP contribution < -0.4 is 10.6 Å². The quantitative estimate of drug-likeness (QED) is 0.433. The molecule has 1 atom stereocenters. The maximum Gasteiger partial charge on any atom is 0.190 e. The number of hydrogen-bond acceptors (Lipinski definition) is 4. The number of guanidine groups is 1. The van der Waals surface area contributed by atoms with Crippen molar-refractivity contribution in [3.63, 3.8) is 0 Å². The molecular weight excluding hydrogens is 336 g/mol. The molecule has 1 aromatic heterocycles. The van der Waals surface area contributed by atoms with Gasteiger partial charge in [-0.3, -0.25) is 4.99 Å². The highest BCUT2D eigenvalue weighted by Crippen LogP contribution is 2.05. The number of halogens is 1. The Morgan fingerprint density at radius 2 is 2.04 bits per heavy atom. The molecule has 2 heterocycles. The zero-order valence-electron chi connectivity index (χ0n) is 15.6. The molecule has 0 spiro atoms. The van der Waals surface area contributed by atoms with Gasteiger partial charge in [0.2, 0.25) is 0 Å². The molecule has 7 heteroatoms. The van der Waals surface area contributed by atoms with Gasteiger partial charge >= 0.3 is 0 Å². The molecule has 1 fully saturated rings. The van der Waals surface area contributed by atoms with E-state index in [-0.39, 0.29) is 0 Å². The van der Waals surface area contributed by atoms with Crippen LogP contribution in [0.2, 0.25) is 5.15 Å². The van der Waals surface area contributed by atoms with E-state index in [9.17, 15) is 0 Å². The van der Waals surface area contributed by atoms with Gasteiger partial charge in [-0.15, -0.1) is 0 Å². The molecule has 1 aliphatic rings. The van der Waals surface area contributed by atoms with E-state index in [0.717, 1.165) is 37.6 Å². The first-order valence-corrected chi connectivity index (χ1v) is 9.40. The molecule has 1 aliphatic heterocycles. The highest BCUT2D eigenvalue weighted by molar-refractivity contribution is 6.29. The van der Waals surface area contributed by atoms with Gasteiger partial charge in [-0.25, -0.2) is 4.98 Å². The maximum atomic E-state index is 5.80. The van der Waals surface area contributed by atoms with Gasteiger partial charge in [-0.05, 0) is 31.0 Å². The van der Waals surface area contributed by atoms with Gasteiger partial charge in [-0.2, -0.15) is 0 Å². The molecule has 0 aromatic carbocycles. The lowest BCUT2D eigenvalue weighted by molar-refractivity contribution is 0.139. The van der Waals surface area contributed by atoms with E-state index in [0.29, 0.717) is 11.1 Å². The average Bonchev–Trinajstić information content (AvgIpc) is 2.61. The number of likely N-dealkylation sites (N-methyl/N-ethyl adjacent to an activating group) is 1. The van der Waals surface area contributed by atoms with Crippen molar-refractivity contribution in [3.05, 3.63) is 29.0 Å². The number of piperazine rings is 1. The third-order valence-electron chi connectivity index (χ3n) is 4.50. The maximum absolute atomic E-state index is 5.80. The van der Waals surface area contributed by atoms with Crippen molar-refractivity contribution in [3.8, 4) is 0 Å². The predicted molar refractivity (Wildman–Crippen MR) is 105 cm³/mol. The lowest BCUT2D eigenvalue weighted by Crippen LogP contribution is -2.47. The van der Waals surface area contributed by atoms with E-state index in [2.05, 4.69) is 44.4 Å². The summed E-state index contributed by atoms with van der Waals surface area (Å²) >= 11 is 5.80. The second-order valence-electron chi connectivity index (χ2n) is 6.83. The van der Waals surface area contributed by atoms with Crippen LogP contribution in [0.1, 0.15) is 12.5 Å². The number of pyridine rings is 1. The molecule has 2 rings (SSSR count). The molecule has 0 amide bonds. The van der Waals surface area contributed by atoms with Gasteiger partial charge < -0.3 is 20.4 Å². The molecule has 1 unspecified atom stereocenters. The van der Waals surface area contributed by atoms with Gasteiger partial charge in [0.1, 0.15) is 5.15 Å². The number of nitrogens with zero attached hydrogens (tertiary/aromatic N) is 4. The van der Waals surface area contributed by atoms with Crippen LogP contribution in [0, 0.1) is 5.92 Å². The molecule has 1 saturated heterocycles. The molecule has 0 bridgehead atoms. The summed E-state index contributed by atoms with van der Waals surface area (Å²) in [6.45, 7) is 9.84. The van der Waals surface area contributed by atoms with E-state index >= 15 is 0 Å². The minimum atomic E-state index is 0.531. The Hall–Kier alpha value is -1.37. The summed E-state index contributed by atoms with van der Waals surface area (Å²) in [5, 5.41) is 7.31. The first-order chi connectivity index (χ1) is 12.1. The summed E-state index contributed by atoms with van der Waals surface area (Å²) in [7, 11) is 4.00. The van der Waals surface area contributed by atoms with E-state index in [1.54, 1.807) is 0 Å². The lowest BCUT2D eigenvalue weighted by atomic mass is 10.1. The van der Waals surface area contributed by atoms with Crippen LogP contribution in [-0.2, 0) is 6.42 Å². The first kappa shape index (κ1) is 19.9. The molecule has 0 saturated carbocycles. The van der Waals surface area contributed by atoms with Gasteiger partial charge in [0, 0.05) is 59.1 Å². The molecule has 0 aliphatic carbocycles. The third kappa shape index (κ3) is 7.59. The highest BCUT2D eigenvalue weighted by atomic mass is 35.5. The number of hydrogen-bond donors (Lipinski definition) is 2. The van der Waals surface area contributed by atoms with E-state index in [1.807, 2.05) is 25.4 Å². The minimum absolute atomic E-state index is 0.531. The lowest BCUT2D eigenvalue weighted by Gasteiger charge is -2.34. The Balaban J connectivity index is 1.63. The summed E-state index contributed by atoms with van der Waals surface area (Å²) in [6.07, 6.45) is 2.71. The van der Waals surface area contributed by atoms with Crippen molar-refractivity contribution in [2.45, 2.75) is 13.3 Å². The van der Waals surface area contributed by atoms with E-state index in [1.165, 1.54) is 26.2 Å². The summed E-state index contributed by atoms with van der Waals surface area (Å²) < 4.78 is 0. The van der Waals surface area contributed by atoms with E-state index in [4.69, 9.17) is 11.6 Å². The summed E-state index contributed by atoms with van der Waals surface area (Å²) in [5.41, 5.74) is 1.16. The van der Waals surface area contributed by atoms with Crippen molar-refractivity contribution in [2.24, 2.45) is 10.9 Å². The Labute approximate surface area is 156 Å². The smallest absolute Gasteiger partial charge is 0.190 e. The van der Waals surface area contributed by atoms with Crippen molar-refractivity contribution in [1.29, 1.82) is 0 Å². The second-order valence-corrected chi connectivity index (χ2v) is 7.22. The Bertz CT molecular complexity index is 525. The normalized spacial score (nSPS) is 18.2. The largest absolute Gasteiger partial charge is 0.356 e. The van der Waals surface area contributed by atoms with Crippen LogP contribution in [0.5, 0.6) is 0 Å². The van der Waals surface area contributed by atoms with Crippen molar-refractivity contribution < 1.29 is 0 Å². The monoisotopic (exact) mass is 366 g/mol. The number of nitrogens with one attached hydrogen (secondary N) is 2. The van der Waals surface area contributed by atoms with Crippen LogP contribution in [0.3, 0.4) is 0 Å². The molecule has 6 nitrogen and oxygen atoms in total. The Morgan fingerprint density at radius 3 is 2.68 bits per heavy atom. The number of aromatic nitrogens is 1. The molecular formula is C18H31ClN6. The molecule has 25 heavy (non-hydrogen) atoms. The molecule has 0 radical (unpaired) electrons. The van der Waals surface area contributed by atoms with Crippen molar-refractivity contribution in [1.82, 2.24) is 25.4 Å². The highest BCUT2D eigenvalue weighted by Gasteiger charge is 2.16. The van der Waals surface area contributed by atoms with Gasteiger partial charge in [0.25, 0.3) is 0 Å². The minimum Gasteiger partial charge on any atom is -0.356 e. The van der Waals surface area contributed by atoms with Gasteiger partial charge in [0.05, 0.1) is 0 Å². The topological polar surface area (TPSA) is 55.8 Å². The Kier molecular flexibility index (Phi) is 8.44. The van der Waals surface area contributed by atoms with Crippen LogP contribution in [-0.4, -0.2) is 80.7 Å². The third-order valence-corrected chi connectivity index (χ3v) is 4.73. The first-order valence-electron chi connectivity index (χ1n) is 9.02. The van der Waals surface area contributed by atoms with Crippen LogP contribution in [0.15, 0.2) is 23.3 Å². The fraction of sp³-hybridized carbons (Fsp3) is 0.667.